The van der Waals surface area contributed by atoms with E-state index in [1.54, 1.807) is 0 Å². The van der Waals surface area contributed by atoms with E-state index in [2.05, 4.69) is 0 Å². The summed E-state index contributed by atoms with van der Waals surface area (Å²) in [5.41, 5.74) is 0.196. The highest BCUT2D eigenvalue weighted by atomic mass is 35.5. The van der Waals surface area contributed by atoms with Gasteiger partial charge in [0.15, 0.2) is 11.5 Å². The zero-order valence-electron chi connectivity index (χ0n) is 6.26. The van der Waals surface area contributed by atoms with Crippen LogP contribution >= 0.6 is 34.8 Å². The minimum Gasteiger partial charge on any atom is -0.504 e. The van der Waals surface area contributed by atoms with Gasteiger partial charge in [-0.05, 0) is 12.1 Å². The smallest absolute Gasteiger partial charge is 0.166 e. The molecule has 0 saturated carbocycles. The van der Waals surface area contributed by atoms with E-state index in [4.69, 9.17) is 39.9 Å². The molecule has 1 rings (SSSR count). The Morgan fingerprint density at radius 3 is 2.23 bits per heavy atom. The molecule has 1 aromatic carbocycles. The van der Waals surface area contributed by atoms with Crippen LogP contribution in [0.25, 0.3) is 5.03 Å². The number of aromatic hydroxyl groups is 2. The fraction of sp³-hybridized carbons (Fsp3) is 0. The molecule has 0 unspecified atom stereocenters. The van der Waals surface area contributed by atoms with E-state index >= 15 is 0 Å². The van der Waals surface area contributed by atoms with Crippen molar-refractivity contribution in [2.75, 3.05) is 0 Å². The van der Waals surface area contributed by atoms with Crippen molar-refractivity contribution >= 4 is 39.8 Å². The van der Waals surface area contributed by atoms with Gasteiger partial charge in [0.05, 0.1) is 5.03 Å². The Morgan fingerprint density at radius 2 is 1.69 bits per heavy atom. The maximum Gasteiger partial charge on any atom is 0.166 e. The van der Waals surface area contributed by atoms with E-state index in [0.29, 0.717) is 0 Å². The van der Waals surface area contributed by atoms with Gasteiger partial charge in [-0.1, -0.05) is 40.9 Å². The monoisotopic (exact) mass is 238 g/mol. The molecule has 0 radical (unpaired) electrons. The number of hydrogen-bond donors (Lipinski definition) is 2. The summed E-state index contributed by atoms with van der Waals surface area (Å²) in [6.45, 7) is 0. The van der Waals surface area contributed by atoms with Crippen LogP contribution in [0, 0.1) is 0 Å². The van der Waals surface area contributed by atoms with Crippen LogP contribution in [0.15, 0.2) is 22.7 Å². The van der Waals surface area contributed by atoms with Crippen molar-refractivity contribution < 1.29 is 10.2 Å². The number of phenols is 2. The predicted octanol–water partition coefficient (Wildman–Crippen LogP) is 3.44. The van der Waals surface area contributed by atoms with Gasteiger partial charge in [-0.25, -0.2) is 0 Å². The first-order chi connectivity index (χ1) is 6.04. The van der Waals surface area contributed by atoms with Gasteiger partial charge in [-0.3, -0.25) is 0 Å². The number of halogens is 3. The van der Waals surface area contributed by atoms with E-state index in [0.717, 1.165) is 0 Å². The zero-order chi connectivity index (χ0) is 10.0. The fourth-order valence-corrected chi connectivity index (χ4v) is 1.17. The Labute approximate surface area is 90.0 Å². The summed E-state index contributed by atoms with van der Waals surface area (Å²) in [5.74, 6) is -0.614. The summed E-state index contributed by atoms with van der Waals surface area (Å²) in [5, 5.41) is 18.4. The van der Waals surface area contributed by atoms with Gasteiger partial charge in [0.25, 0.3) is 0 Å². The summed E-state index contributed by atoms with van der Waals surface area (Å²) in [7, 11) is 0. The molecule has 0 saturated heterocycles. The van der Waals surface area contributed by atoms with E-state index in [-0.39, 0.29) is 26.6 Å². The summed E-state index contributed by atoms with van der Waals surface area (Å²) < 4.78 is -0.164. The quantitative estimate of drug-likeness (QED) is 0.737. The number of benzene rings is 1. The maximum atomic E-state index is 9.33. The topological polar surface area (TPSA) is 40.5 Å². The number of phenolic OH excluding ortho intramolecular Hbond substituents is 2. The summed E-state index contributed by atoms with van der Waals surface area (Å²) >= 11 is 16.5. The zero-order valence-corrected chi connectivity index (χ0v) is 8.53. The highest BCUT2D eigenvalue weighted by molar-refractivity contribution is 6.66. The Morgan fingerprint density at radius 1 is 1.08 bits per heavy atom. The van der Waals surface area contributed by atoms with Gasteiger partial charge in [0.1, 0.15) is 4.49 Å². The standard InChI is InChI=1S/C8H5Cl3O2/c9-6(8(10)11)4-2-1-3-5(12)7(4)13/h1-3,12-13H. The van der Waals surface area contributed by atoms with Gasteiger partial charge < -0.3 is 10.2 Å². The van der Waals surface area contributed by atoms with E-state index < -0.39 is 0 Å². The van der Waals surface area contributed by atoms with Crippen LogP contribution < -0.4 is 0 Å². The van der Waals surface area contributed by atoms with Gasteiger partial charge in [0, 0.05) is 5.56 Å². The molecule has 13 heavy (non-hydrogen) atoms. The lowest BCUT2D eigenvalue weighted by atomic mass is 10.2. The van der Waals surface area contributed by atoms with Crippen LogP contribution in [0.2, 0.25) is 0 Å². The van der Waals surface area contributed by atoms with Crippen molar-refractivity contribution in [2.45, 2.75) is 0 Å². The highest BCUT2D eigenvalue weighted by Crippen LogP contribution is 2.37. The summed E-state index contributed by atoms with van der Waals surface area (Å²) in [6, 6.07) is 4.33. The van der Waals surface area contributed by atoms with Crippen LogP contribution in [0.1, 0.15) is 5.56 Å². The SMILES string of the molecule is Oc1cccc(C(Cl)=C(Cl)Cl)c1O. The second-order valence-electron chi connectivity index (χ2n) is 2.25. The molecule has 0 aliphatic rings. The minimum atomic E-state index is -0.341. The number of para-hydroxylation sites is 1. The first-order valence-corrected chi connectivity index (χ1v) is 4.39. The van der Waals surface area contributed by atoms with Gasteiger partial charge in [-0.15, -0.1) is 0 Å². The van der Waals surface area contributed by atoms with E-state index in [1.807, 2.05) is 0 Å². The largest absolute Gasteiger partial charge is 0.504 e. The average molecular weight is 239 g/mol. The molecular formula is C8H5Cl3O2. The molecule has 0 amide bonds. The van der Waals surface area contributed by atoms with Crippen LogP contribution in [-0.4, -0.2) is 10.2 Å². The minimum absolute atomic E-state index is 0.00302. The molecule has 5 heteroatoms. The van der Waals surface area contributed by atoms with Crippen molar-refractivity contribution in [2.24, 2.45) is 0 Å². The molecule has 0 aliphatic carbocycles. The van der Waals surface area contributed by atoms with E-state index in [1.165, 1.54) is 18.2 Å². The van der Waals surface area contributed by atoms with Crippen LogP contribution in [0.4, 0.5) is 0 Å². The first kappa shape index (κ1) is 10.5. The summed E-state index contributed by atoms with van der Waals surface area (Å²) in [4.78, 5) is 0. The van der Waals surface area contributed by atoms with Gasteiger partial charge >= 0.3 is 0 Å². The Bertz CT molecular complexity index is 356. The molecule has 0 aliphatic heterocycles. The van der Waals surface area contributed by atoms with Crippen molar-refractivity contribution in [1.82, 2.24) is 0 Å². The molecule has 0 fully saturated rings. The molecule has 0 spiro atoms. The Hall–Kier alpha value is -0.570. The molecular weight excluding hydrogens is 234 g/mol. The van der Waals surface area contributed by atoms with Crippen molar-refractivity contribution in [3.05, 3.63) is 28.3 Å². The molecule has 0 atom stereocenters. The van der Waals surface area contributed by atoms with Crippen LogP contribution in [0.3, 0.4) is 0 Å². The highest BCUT2D eigenvalue weighted by Gasteiger charge is 2.11. The number of rotatable bonds is 1. The predicted molar refractivity (Wildman–Crippen MR) is 54.3 cm³/mol. The molecule has 1 aromatic rings. The lowest BCUT2D eigenvalue weighted by molar-refractivity contribution is 0.403. The lowest BCUT2D eigenvalue weighted by Crippen LogP contribution is -1.79. The van der Waals surface area contributed by atoms with Crippen LogP contribution in [-0.2, 0) is 0 Å². The summed E-state index contributed by atoms with van der Waals surface area (Å²) in [6.07, 6.45) is 0. The number of hydrogen-bond acceptors (Lipinski definition) is 2. The molecule has 2 nitrogen and oxygen atoms in total. The van der Waals surface area contributed by atoms with Crippen molar-refractivity contribution in [1.29, 1.82) is 0 Å². The van der Waals surface area contributed by atoms with E-state index in [9.17, 15) is 5.11 Å². The Balaban J connectivity index is 3.32. The fourth-order valence-electron chi connectivity index (χ4n) is 0.810. The Kier molecular flexibility index (Phi) is 3.31. The second-order valence-corrected chi connectivity index (χ2v) is 3.58. The van der Waals surface area contributed by atoms with Gasteiger partial charge in [0.2, 0.25) is 0 Å². The normalized spacial score (nSPS) is 9.77. The van der Waals surface area contributed by atoms with Crippen molar-refractivity contribution in [3.63, 3.8) is 0 Å². The third-order valence-electron chi connectivity index (χ3n) is 1.42. The lowest BCUT2D eigenvalue weighted by Gasteiger charge is -2.04. The molecule has 2 N–H and O–H groups in total. The molecule has 0 bridgehead atoms. The third-order valence-corrected chi connectivity index (χ3v) is 2.38. The average Bonchev–Trinajstić information content (AvgIpc) is 2.08. The van der Waals surface area contributed by atoms with Crippen LogP contribution in [0.5, 0.6) is 11.5 Å². The molecule has 0 aromatic heterocycles. The molecule has 70 valence electrons. The van der Waals surface area contributed by atoms with Gasteiger partial charge in [-0.2, -0.15) is 0 Å². The molecule has 0 heterocycles. The third kappa shape index (κ3) is 2.21. The first-order valence-electron chi connectivity index (χ1n) is 3.26. The second kappa shape index (κ2) is 4.09. The van der Waals surface area contributed by atoms with Crippen molar-refractivity contribution in [3.8, 4) is 11.5 Å². The maximum absolute atomic E-state index is 9.33.